The minimum atomic E-state index is -0.395. The Labute approximate surface area is 107 Å². The van der Waals surface area contributed by atoms with Gasteiger partial charge in [0, 0.05) is 32.2 Å². The fraction of sp³-hybridized carbons (Fsp3) is 0.667. The zero-order valence-corrected chi connectivity index (χ0v) is 11.1. The van der Waals surface area contributed by atoms with E-state index in [1.807, 2.05) is 4.90 Å². The number of halogens is 1. The first-order valence-electron chi connectivity index (χ1n) is 6.17. The lowest BCUT2D eigenvalue weighted by molar-refractivity contribution is 0.208. The third kappa shape index (κ3) is 2.69. The summed E-state index contributed by atoms with van der Waals surface area (Å²) < 4.78 is 18.6. The fourth-order valence-electron chi connectivity index (χ4n) is 2.11. The molecule has 2 rings (SSSR count). The summed E-state index contributed by atoms with van der Waals surface area (Å²) in [6.07, 6.45) is 1.16. The Balaban J connectivity index is 2.09. The van der Waals surface area contributed by atoms with Crippen molar-refractivity contribution in [2.45, 2.75) is 19.9 Å². The molecule has 1 fully saturated rings. The van der Waals surface area contributed by atoms with Crippen LogP contribution in [0.5, 0.6) is 6.01 Å². The summed E-state index contributed by atoms with van der Waals surface area (Å²) in [6, 6.07) is 0.731. The molecule has 0 amide bonds. The van der Waals surface area contributed by atoms with E-state index in [1.54, 1.807) is 0 Å². The zero-order chi connectivity index (χ0) is 13.1. The maximum Gasteiger partial charge on any atom is 0.318 e. The third-order valence-electron chi connectivity index (χ3n) is 3.23. The summed E-state index contributed by atoms with van der Waals surface area (Å²) >= 11 is 0. The Morgan fingerprint density at radius 1 is 1.28 bits per heavy atom. The van der Waals surface area contributed by atoms with Crippen LogP contribution in [-0.2, 0) is 0 Å². The van der Waals surface area contributed by atoms with E-state index in [0.29, 0.717) is 11.9 Å². The second-order valence-corrected chi connectivity index (χ2v) is 4.65. The average molecular weight is 254 g/mol. The summed E-state index contributed by atoms with van der Waals surface area (Å²) in [5.74, 6) is -0.0564. The summed E-state index contributed by atoms with van der Waals surface area (Å²) in [5.41, 5.74) is 0. The summed E-state index contributed by atoms with van der Waals surface area (Å²) in [6.45, 7) is 7.73. The predicted molar refractivity (Wildman–Crippen MR) is 67.5 cm³/mol. The van der Waals surface area contributed by atoms with E-state index in [2.05, 4.69) is 28.7 Å². The van der Waals surface area contributed by atoms with Gasteiger partial charge in [-0.3, -0.25) is 4.90 Å². The highest BCUT2D eigenvalue weighted by molar-refractivity contribution is 5.40. The lowest BCUT2D eigenvalue weighted by Gasteiger charge is -2.37. The number of nitrogens with zero attached hydrogens (tertiary/aromatic N) is 4. The normalized spacial score (nSPS) is 17.3. The van der Waals surface area contributed by atoms with Gasteiger partial charge in [0.15, 0.2) is 11.6 Å². The summed E-state index contributed by atoms with van der Waals surface area (Å²) in [4.78, 5) is 12.1. The van der Waals surface area contributed by atoms with E-state index in [9.17, 15) is 4.39 Å². The van der Waals surface area contributed by atoms with Crippen molar-refractivity contribution in [2.75, 3.05) is 38.2 Å². The lowest BCUT2D eigenvalue weighted by atomic mass is 10.2. The molecule has 0 saturated carbocycles. The summed E-state index contributed by atoms with van der Waals surface area (Å²) in [7, 11) is 1.48. The molecule has 0 atom stereocenters. The van der Waals surface area contributed by atoms with Gasteiger partial charge in [-0.05, 0) is 13.8 Å². The van der Waals surface area contributed by atoms with Gasteiger partial charge in [-0.1, -0.05) is 0 Å². The van der Waals surface area contributed by atoms with Gasteiger partial charge in [-0.25, -0.2) is 9.37 Å². The van der Waals surface area contributed by atoms with E-state index in [0.717, 1.165) is 32.4 Å². The molecule has 0 aromatic carbocycles. The smallest absolute Gasteiger partial charge is 0.318 e. The highest BCUT2D eigenvalue weighted by atomic mass is 19.1. The van der Waals surface area contributed by atoms with Crippen molar-refractivity contribution in [3.8, 4) is 6.01 Å². The molecule has 0 spiro atoms. The molecule has 1 aromatic heterocycles. The maximum absolute atomic E-state index is 13.7. The van der Waals surface area contributed by atoms with Crippen molar-refractivity contribution >= 4 is 5.82 Å². The number of anilines is 1. The number of hydrogen-bond acceptors (Lipinski definition) is 5. The first kappa shape index (κ1) is 13.0. The second-order valence-electron chi connectivity index (χ2n) is 4.65. The fourth-order valence-corrected chi connectivity index (χ4v) is 2.11. The minimum Gasteiger partial charge on any atom is -0.467 e. The molecule has 0 aliphatic carbocycles. The monoisotopic (exact) mass is 254 g/mol. The molecule has 1 aliphatic heterocycles. The Hall–Kier alpha value is -1.43. The molecule has 0 unspecified atom stereocenters. The second kappa shape index (κ2) is 5.48. The van der Waals surface area contributed by atoms with E-state index < -0.39 is 5.82 Å². The van der Waals surface area contributed by atoms with Gasteiger partial charge < -0.3 is 9.64 Å². The van der Waals surface area contributed by atoms with Gasteiger partial charge in [0.05, 0.1) is 13.3 Å². The van der Waals surface area contributed by atoms with Gasteiger partial charge in [0.25, 0.3) is 0 Å². The number of rotatable bonds is 3. The number of ether oxygens (including phenoxy) is 1. The third-order valence-corrected chi connectivity index (χ3v) is 3.23. The maximum atomic E-state index is 13.7. The van der Waals surface area contributed by atoms with Crippen molar-refractivity contribution in [1.82, 2.24) is 14.9 Å². The Morgan fingerprint density at radius 3 is 2.50 bits per heavy atom. The molecule has 1 aromatic rings. The number of methoxy groups -OCH3 is 1. The molecule has 0 bridgehead atoms. The summed E-state index contributed by atoms with van der Waals surface area (Å²) in [5, 5.41) is 0. The minimum absolute atomic E-state index is 0.206. The molecule has 2 heterocycles. The number of aromatic nitrogens is 2. The zero-order valence-electron chi connectivity index (χ0n) is 11.1. The Morgan fingerprint density at radius 2 is 1.94 bits per heavy atom. The van der Waals surface area contributed by atoms with Crippen molar-refractivity contribution in [2.24, 2.45) is 0 Å². The highest BCUT2D eigenvalue weighted by Gasteiger charge is 2.22. The lowest BCUT2D eigenvalue weighted by Crippen LogP contribution is -2.49. The van der Waals surface area contributed by atoms with Crippen LogP contribution in [0.1, 0.15) is 13.8 Å². The van der Waals surface area contributed by atoms with Crippen molar-refractivity contribution in [3.05, 3.63) is 12.0 Å². The Kier molecular flexibility index (Phi) is 3.96. The van der Waals surface area contributed by atoms with Crippen LogP contribution in [-0.4, -0.2) is 54.2 Å². The highest BCUT2D eigenvalue weighted by Crippen LogP contribution is 2.20. The van der Waals surface area contributed by atoms with Crippen molar-refractivity contribution in [3.63, 3.8) is 0 Å². The standard InChI is InChI=1S/C12H19FN4O/c1-9(2)16-4-6-17(7-5-16)11-10(13)8-14-12(15-11)18-3/h8-9H,4-7H2,1-3H3. The van der Waals surface area contributed by atoms with E-state index in [4.69, 9.17) is 4.74 Å². The van der Waals surface area contributed by atoms with Crippen LogP contribution in [0.15, 0.2) is 6.20 Å². The van der Waals surface area contributed by atoms with Gasteiger partial charge in [0.1, 0.15) is 0 Å². The molecular formula is C12H19FN4O. The van der Waals surface area contributed by atoms with Crippen LogP contribution in [0.25, 0.3) is 0 Å². The number of piperazine rings is 1. The average Bonchev–Trinajstić information content (AvgIpc) is 2.39. The van der Waals surface area contributed by atoms with Crippen LogP contribution in [0.2, 0.25) is 0 Å². The van der Waals surface area contributed by atoms with E-state index in [-0.39, 0.29) is 6.01 Å². The Bertz CT molecular complexity index is 405. The topological polar surface area (TPSA) is 41.5 Å². The molecule has 5 nitrogen and oxygen atoms in total. The van der Waals surface area contributed by atoms with Crippen molar-refractivity contribution < 1.29 is 9.13 Å². The van der Waals surface area contributed by atoms with Crippen LogP contribution in [0.4, 0.5) is 10.2 Å². The first-order chi connectivity index (χ1) is 8.61. The van der Waals surface area contributed by atoms with Gasteiger partial charge >= 0.3 is 6.01 Å². The molecule has 1 saturated heterocycles. The van der Waals surface area contributed by atoms with Crippen LogP contribution >= 0.6 is 0 Å². The van der Waals surface area contributed by atoms with Gasteiger partial charge in [0.2, 0.25) is 0 Å². The van der Waals surface area contributed by atoms with E-state index in [1.165, 1.54) is 7.11 Å². The van der Waals surface area contributed by atoms with Crippen molar-refractivity contribution in [1.29, 1.82) is 0 Å². The molecule has 18 heavy (non-hydrogen) atoms. The predicted octanol–water partition coefficient (Wildman–Crippen LogP) is 1.15. The molecule has 100 valence electrons. The molecule has 0 N–H and O–H groups in total. The molecule has 0 radical (unpaired) electrons. The largest absolute Gasteiger partial charge is 0.467 e. The number of hydrogen-bond donors (Lipinski definition) is 0. The first-order valence-corrected chi connectivity index (χ1v) is 6.17. The SMILES string of the molecule is COc1ncc(F)c(N2CCN(C(C)C)CC2)n1. The molecule has 6 heteroatoms. The molecular weight excluding hydrogens is 235 g/mol. The van der Waals surface area contributed by atoms with Gasteiger partial charge in [-0.15, -0.1) is 0 Å². The van der Waals surface area contributed by atoms with E-state index >= 15 is 0 Å². The quantitative estimate of drug-likeness (QED) is 0.809. The van der Waals surface area contributed by atoms with Crippen LogP contribution in [0.3, 0.4) is 0 Å². The van der Waals surface area contributed by atoms with Crippen LogP contribution in [0, 0.1) is 5.82 Å². The van der Waals surface area contributed by atoms with Gasteiger partial charge in [-0.2, -0.15) is 4.98 Å². The van der Waals surface area contributed by atoms with Crippen LogP contribution < -0.4 is 9.64 Å². The molecule has 1 aliphatic rings.